The van der Waals surface area contributed by atoms with Crippen LogP contribution in [0.4, 0.5) is 0 Å². The lowest BCUT2D eigenvalue weighted by Gasteiger charge is -2.06. The van der Waals surface area contributed by atoms with Crippen LogP contribution in [0.1, 0.15) is 6.92 Å². The lowest BCUT2D eigenvalue weighted by molar-refractivity contribution is 0.969. The van der Waals surface area contributed by atoms with Gasteiger partial charge in [0.2, 0.25) is 0 Å². The van der Waals surface area contributed by atoms with Crippen molar-refractivity contribution in [1.82, 2.24) is 0 Å². The van der Waals surface area contributed by atoms with Gasteiger partial charge in [0.1, 0.15) is 16.2 Å². The van der Waals surface area contributed by atoms with Crippen molar-refractivity contribution in [2.45, 2.75) is 10.5 Å². The Balaban J connectivity index is 2.82. The molecule has 0 fully saturated rings. The first-order chi connectivity index (χ1) is 4.21. The number of hydrogen-bond acceptors (Lipinski definition) is 3. The smallest absolute Gasteiger partial charge is 0.145 e. The molecule has 0 bridgehead atoms. The molecule has 48 valence electrons. The van der Waals surface area contributed by atoms with Crippen LogP contribution < -0.4 is 0 Å². The molecular formula is C5H6IN3. The number of nitrogens with zero attached hydrogens (tertiary/aromatic N) is 3. The van der Waals surface area contributed by atoms with Gasteiger partial charge in [-0.1, -0.05) is 0 Å². The van der Waals surface area contributed by atoms with Crippen LogP contribution in [0.15, 0.2) is 15.0 Å². The highest BCUT2D eigenvalue weighted by molar-refractivity contribution is 14.1. The number of alkyl halides is 1. The van der Waals surface area contributed by atoms with Crippen molar-refractivity contribution in [1.29, 1.82) is 0 Å². The first kappa shape index (κ1) is 6.85. The van der Waals surface area contributed by atoms with Crippen molar-refractivity contribution < 1.29 is 0 Å². The number of hydrogen-bond donors (Lipinski definition) is 0. The molecule has 0 amide bonds. The molecule has 0 N–H and O–H groups in total. The maximum atomic E-state index is 4.07. The molecule has 1 aliphatic heterocycles. The van der Waals surface area contributed by atoms with Gasteiger partial charge in [-0.25, -0.2) is 9.98 Å². The van der Waals surface area contributed by atoms with E-state index in [4.69, 9.17) is 0 Å². The zero-order valence-corrected chi connectivity index (χ0v) is 7.11. The van der Waals surface area contributed by atoms with E-state index in [1.54, 1.807) is 6.21 Å². The van der Waals surface area contributed by atoms with E-state index in [-0.39, 0.29) is 3.55 Å². The fraction of sp³-hybridized carbons (Fsp3) is 0.400. The van der Waals surface area contributed by atoms with E-state index < -0.39 is 0 Å². The fourth-order valence-corrected chi connectivity index (χ4v) is 0.703. The fourth-order valence-electron chi connectivity index (χ4n) is 0.417. The summed E-state index contributed by atoms with van der Waals surface area (Å²) in [4.78, 5) is 11.7. The van der Waals surface area contributed by atoms with Crippen molar-refractivity contribution in [3.63, 3.8) is 0 Å². The molecular weight excluding hydrogens is 229 g/mol. The predicted octanol–water partition coefficient (Wildman–Crippen LogP) is 1.28. The largest absolute Gasteiger partial charge is 0.251 e. The highest BCUT2D eigenvalue weighted by atomic mass is 127. The van der Waals surface area contributed by atoms with E-state index in [1.165, 1.54) is 12.7 Å². The summed E-state index contributed by atoms with van der Waals surface area (Å²) in [6.45, 7) is 1.96. The average Bonchev–Trinajstić information content (AvgIpc) is 1.92. The van der Waals surface area contributed by atoms with Crippen molar-refractivity contribution >= 4 is 41.5 Å². The summed E-state index contributed by atoms with van der Waals surface area (Å²) in [5, 5.41) is 0. The molecule has 0 saturated carbocycles. The summed E-state index contributed by atoms with van der Waals surface area (Å²) in [7, 11) is 0. The van der Waals surface area contributed by atoms with Gasteiger partial charge in [-0.3, -0.25) is 4.99 Å². The molecule has 1 aliphatic rings. The lowest BCUT2D eigenvalue weighted by Crippen LogP contribution is -2.12. The molecule has 1 atom stereocenters. The van der Waals surface area contributed by atoms with Crippen LogP contribution in [0.2, 0.25) is 0 Å². The van der Waals surface area contributed by atoms with Gasteiger partial charge in [0.25, 0.3) is 0 Å². The summed E-state index contributed by atoms with van der Waals surface area (Å²) < 4.78 is -0.214. The van der Waals surface area contributed by atoms with Gasteiger partial charge < -0.3 is 0 Å². The molecule has 0 aliphatic carbocycles. The van der Waals surface area contributed by atoms with Gasteiger partial charge >= 0.3 is 0 Å². The maximum Gasteiger partial charge on any atom is 0.145 e. The van der Waals surface area contributed by atoms with E-state index in [0.717, 1.165) is 0 Å². The van der Waals surface area contributed by atoms with E-state index in [2.05, 4.69) is 37.6 Å². The molecule has 0 radical (unpaired) electrons. The highest BCUT2D eigenvalue weighted by Gasteiger charge is 2.13. The van der Waals surface area contributed by atoms with Crippen LogP contribution in [0, 0.1) is 0 Å². The van der Waals surface area contributed by atoms with E-state index in [9.17, 15) is 0 Å². The Labute approximate surface area is 67.1 Å². The van der Waals surface area contributed by atoms with Crippen molar-refractivity contribution in [3.05, 3.63) is 0 Å². The van der Waals surface area contributed by atoms with Gasteiger partial charge in [0.05, 0.1) is 0 Å². The van der Waals surface area contributed by atoms with Gasteiger partial charge in [0, 0.05) is 6.21 Å². The number of rotatable bonds is 0. The highest BCUT2D eigenvalue weighted by Crippen LogP contribution is 2.16. The van der Waals surface area contributed by atoms with Gasteiger partial charge in [-0.05, 0) is 29.5 Å². The summed E-state index contributed by atoms with van der Waals surface area (Å²) >= 11 is 2.19. The monoisotopic (exact) mass is 235 g/mol. The van der Waals surface area contributed by atoms with Crippen LogP contribution in [0.5, 0.6) is 0 Å². The van der Waals surface area contributed by atoms with Crippen LogP contribution in [-0.2, 0) is 0 Å². The first-order valence-electron chi connectivity index (χ1n) is 2.49. The molecule has 1 heterocycles. The Morgan fingerprint density at radius 1 is 1.33 bits per heavy atom. The molecule has 9 heavy (non-hydrogen) atoms. The second kappa shape index (κ2) is 2.55. The van der Waals surface area contributed by atoms with E-state index in [0.29, 0.717) is 0 Å². The number of aliphatic imine (C=N–C) groups is 3. The Morgan fingerprint density at radius 3 is 2.89 bits per heavy atom. The summed E-state index contributed by atoms with van der Waals surface area (Å²) in [6, 6.07) is 0. The van der Waals surface area contributed by atoms with E-state index >= 15 is 0 Å². The quantitative estimate of drug-likeness (QED) is 0.344. The Hall–Kier alpha value is -0.260. The minimum Gasteiger partial charge on any atom is -0.251 e. The standard InChI is InChI=1S/C5H6IN3/c1-5(6)2-7-3-8-4-9-5/h2-4H,1H3. The van der Waals surface area contributed by atoms with E-state index in [1.807, 2.05) is 6.92 Å². The zero-order valence-electron chi connectivity index (χ0n) is 4.95. The Bertz CT molecular complexity index is 163. The van der Waals surface area contributed by atoms with Crippen molar-refractivity contribution in [2.75, 3.05) is 0 Å². The number of halogens is 1. The average molecular weight is 235 g/mol. The first-order valence-corrected chi connectivity index (χ1v) is 3.57. The van der Waals surface area contributed by atoms with Crippen LogP contribution in [0.25, 0.3) is 0 Å². The molecule has 1 unspecified atom stereocenters. The molecule has 0 spiro atoms. The topological polar surface area (TPSA) is 37.1 Å². The van der Waals surface area contributed by atoms with Crippen molar-refractivity contribution in [2.24, 2.45) is 15.0 Å². The third kappa shape index (κ3) is 2.21. The third-order valence-corrected chi connectivity index (χ3v) is 1.38. The zero-order chi connectivity index (χ0) is 6.74. The summed E-state index contributed by atoms with van der Waals surface area (Å²) in [5.74, 6) is 0. The minimum absolute atomic E-state index is 0.214. The molecule has 0 saturated heterocycles. The normalized spacial score (nSPS) is 32.7. The predicted molar refractivity (Wildman–Crippen MR) is 47.9 cm³/mol. The van der Waals surface area contributed by atoms with Gasteiger partial charge in [0.15, 0.2) is 0 Å². The maximum absolute atomic E-state index is 4.07. The summed E-state index contributed by atoms with van der Waals surface area (Å²) in [5.41, 5.74) is 0. The van der Waals surface area contributed by atoms with Crippen LogP contribution in [0.3, 0.4) is 0 Å². The Kier molecular flexibility index (Phi) is 1.94. The van der Waals surface area contributed by atoms with Gasteiger partial charge in [-0.15, -0.1) is 0 Å². The Morgan fingerprint density at radius 2 is 2.11 bits per heavy atom. The molecule has 4 heteroatoms. The molecule has 0 aromatic rings. The second-order valence-electron chi connectivity index (χ2n) is 1.81. The van der Waals surface area contributed by atoms with Crippen LogP contribution >= 0.6 is 22.6 Å². The SMILES string of the molecule is CC1(I)C=NC=NC=N1. The minimum atomic E-state index is -0.214. The van der Waals surface area contributed by atoms with Crippen molar-refractivity contribution in [3.8, 4) is 0 Å². The molecule has 3 nitrogen and oxygen atoms in total. The molecule has 1 rings (SSSR count). The van der Waals surface area contributed by atoms with Gasteiger partial charge in [-0.2, -0.15) is 0 Å². The third-order valence-electron chi connectivity index (χ3n) is 0.820. The summed E-state index contributed by atoms with van der Waals surface area (Å²) in [6.07, 6.45) is 4.74. The molecule has 0 aromatic heterocycles. The van der Waals surface area contributed by atoms with Crippen LogP contribution in [-0.4, -0.2) is 22.4 Å². The lowest BCUT2D eigenvalue weighted by atomic mass is 10.4. The second-order valence-corrected chi connectivity index (χ2v) is 4.00. The molecule has 0 aromatic carbocycles.